The first-order chi connectivity index (χ1) is 11.1. The Morgan fingerprint density at radius 1 is 0.957 bits per heavy atom. The maximum Gasteiger partial charge on any atom is 0.343 e. The van der Waals surface area contributed by atoms with Gasteiger partial charge in [-0.25, -0.2) is 4.79 Å². The lowest BCUT2D eigenvalue weighted by Gasteiger charge is -2.11. The van der Waals surface area contributed by atoms with Gasteiger partial charge in [0.1, 0.15) is 0 Å². The van der Waals surface area contributed by atoms with Crippen LogP contribution in [0.15, 0.2) is 54.6 Å². The molecule has 0 bridgehead atoms. The molecule has 0 amide bonds. The first-order valence-electron chi connectivity index (χ1n) is 7.28. The van der Waals surface area contributed by atoms with Crippen LogP contribution >= 0.6 is 23.2 Å². The maximum atomic E-state index is 12.4. The number of halogens is 2. The van der Waals surface area contributed by atoms with Gasteiger partial charge in [0.05, 0.1) is 15.6 Å². The molecule has 116 valence electrons. The lowest BCUT2D eigenvalue weighted by atomic mass is 10.1. The van der Waals surface area contributed by atoms with Crippen LogP contribution in [0.4, 0.5) is 0 Å². The van der Waals surface area contributed by atoms with Gasteiger partial charge in [0, 0.05) is 10.8 Å². The summed E-state index contributed by atoms with van der Waals surface area (Å²) in [4.78, 5) is 12.4. The van der Waals surface area contributed by atoms with Crippen molar-refractivity contribution < 1.29 is 9.53 Å². The third-order valence-corrected chi connectivity index (χ3v) is 4.29. The van der Waals surface area contributed by atoms with Crippen LogP contribution in [-0.4, -0.2) is 5.97 Å². The third kappa shape index (κ3) is 3.19. The molecule has 2 nitrogen and oxygen atoms in total. The van der Waals surface area contributed by atoms with E-state index in [0.29, 0.717) is 26.7 Å². The number of aryl methyl sites for hydroxylation is 1. The molecule has 0 aliphatic heterocycles. The Balaban J connectivity index is 1.99. The summed E-state index contributed by atoms with van der Waals surface area (Å²) < 4.78 is 5.54. The number of hydrogen-bond donors (Lipinski definition) is 0. The molecular weight excluding hydrogens is 331 g/mol. The minimum absolute atomic E-state index is 0.312. The van der Waals surface area contributed by atoms with Crippen LogP contribution in [0.5, 0.6) is 5.75 Å². The highest BCUT2D eigenvalue weighted by molar-refractivity contribution is 6.40. The zero-order valence-corrected chi connectivity index (χ0v) is 14.0. The summed E-state index contributed by atoms with van der Waals surface area (Å²) in [5.41, 5.74) is 1.65. The molecule has 0 aromatic heterocycles. The van der Waals surface area contributed by atoms with Crippen molar-refractivity contribution in [3.63, 3.8) is 0 Å². The van der Waals surface area contributed by atoms with Crippen molar-refractivity contribution in [2.24, 2.45) is 0 Å². The first kappa shape index (κ1) is 15.9. The summed E-state index contributed by atoms with van der Waals surface area (Å²) in [5, 5.41) is 2.34. The normalized spacial score (nSPS) is 10.7. The van der Waals surface area contributed by atoms with Crippen LogP contribution in [0.2, 0.25) is 10.0 Å². The zero-order chi connectivity index (χ0) is 16.4. The Labute approximate surface area is 144 Å². The van der Waals surface area contributed by atoms with Crippen molar-refractivity contribution in [2.45, 2.75) is 13.3 Å². The van der Waals surface area contributed by atoms with Gasteiger partial charge in [0.2, 0.25) is 0 Å². The van der Waals surface area contributed by atoms with E-state index in [1.54, 1.807) is 18.2 Å². The highest BCUT2D eigenvalue weighted by Crippen LogP contribution is 2.38. The summed E-state index contributed by atoms with van der Waals surface area (Å²) in [6.07, 6.45) is 0.920. The van der Waals surface area contributed by atoms with Crippen LogP contribution in [0, 0.1) is 0 Å². The molecule has 3 rings (SSSR count). The molecule has 0 unspecified atom stereocenters. The van der Waals surface area contributed by atoms with E-state index in [4.69, 9.17) is 27.9 Å². The zero-order valence-electron chi connectivity index (χ0n) is 12.5. The second-order valence-electron chi connectivity index (χ2n) is 5.15. The summed E-state index contributed by atoms with van der Waals surface area (Å²) in [5.74, 6) is -0.113. The summed E-state index contributed by atoms with van der Waals surface area (Å²) in [6, 6.07) is 16.3. The molecule has 0 radical (unpaired) electrons. The molecule has 3 aromatic rings. The quantitative estimate of drug-likeness (QED) is 0.434. The molecule has 0 heterocycles. The van der Waals surface area contributed by atoms with E-state index in [1.165, 1.54) is 0 Å². The van der Waals surface area contributed by atoms with E-state index in [-0.39, 0.29) is 0 Å². The highest BCUT2D eigenvalue weighted by atomic mass is 35.5. The fourth-order valence-electron chi connectivity index (χ4n) is 2.40. The average molecular weight is 345 g/mol. The number of carbonyl (C=O) groups excluding carboxylic acids is 1. The van der Waals surface area contributed by atoms with Crippen LogP contribution in [0.25, 0.3) is 10.8 Å². The minimum atomic E-state index is -0.443. The van der Waals surface area contributed by atoms with Gasteiger partial charge in [-0.3, -0.25) is 0 Å². The number of rotatable bonds is 3. The molecule has 0 saturated carbocycles. The van der Waals surface area contributed by atoms with Crippen molar-refractivity contribution in [1.29, 1.82) is 0 Å². The van der Waals surface area contributed by atoms with Gasteiger partial charge in [-0.15, -0.1) is 0 Å². The Hall–Kier alpha value is -2.03. The van der Waals surface area contributed by atoms with Crippen molar-refractivity contribution in [3.05, 3.63) is 75.8 Å². The van der Waals surface area contributed by atoms with Crippen molar-refractivity contribution in [3.8, 4) is 5.75 Å². The van der Waals surface area contributed by atoms with Crippen LogP contribution in [0.1, 0.15) is 22.8 Å². The van der Waals surface area contributed by atoms with Gasteiger partial charge < -0.3 is 4.74 Å². The Kier molecular flexibility index (Phi) is 4.56. The fraction of sp³-hybridized carbons (Fsp3) is 0.105. The molecule has 0 N–H and O–H groups in total. The van der Waals surface area contributed by atoms with Crippen LogP contribution in [0.3, 0.4) is 0 Å². The Morgan fingerprint density at radius 2 is 1.61 bits per heavy atom. The van der Waals surface area contributed by atoms with Gasteiger partial charge >= 0.3 is 5.97 Å². The second-order valence-corrected chi connectivity index (χ2v) is 5.97. The fourth-order valence-corrected chi connectivity index (χ4v) is 2.98. The van der Waals surface area contributed by atoms with E-state index >= 15 is 0 Å². The second kappa shape index (κ2) is 6.61. The number of fused-ring (bicyclic) bond motifs is 1. The average Bonchev–Trinajstić information content (AvgIpc) is 2.58. The molecule has 0 spiro atoms. The number of carbonyl (C=O) groups is 1. The van der Waals surface area contributed by atoms with E-state index in [2.05, 4.69) is 6.92 Å². The summed E-state index contributed by atoms with van der Waals surface area (Å²) in [7, 11) is 0. The molecule has 0 aliphatic carbocycles. The molecule has 0 fully saturated rings. The lowest BCUT2D eigenvalue weighted by molar-refractivity contribution is 0.0737. The maximum absolute atomic E-state index is 12.4. The van der Waals surface area contributed by atoms with E-state index in [9.17, 15) is 4.79 Å². The highest BCUT2D eigenvalue weighted by Gasteiger charge is 2.16. The van der Waals surface area contributed by atoms with Crippen LogP contribution in [-0.2, 0) is 6.42 Å². The van der Waals surface area contributed by atoms with Gasteiger partial charge in [-0.2, -0.15) is 0 Å². The number of ether oxygens (including phenoxy) is 1. The number of esters is 1. The topological polar surface area (TPSA) is 26.3 Å². The van der Waals surface area contributed by atoms with E-state index in [0.717, 1.165) is 17.4 Å². The molecule has 23 heavy (non-hydrogen) atoms. The van der Waals surface area contributed by atoms with E-state index in [1.807, 2.05) is 36.4 Å². The summed E-state index contributed by atoms with van der Waals surface area (Å²) in [6.45, 7) is 2.06. The number of hydrogen-bond acceptors (Lipinski definition) is 2. The smallest absolute Gasteiger partial charge is 0.343 e. The molecule has 0 atom stereocenters. The molecule has 0 saturated heterocycles. The lowest BCUT2D eigenvalue weighted by Crippen LogP contribution is -2.09. The van der Waals surface area contributed by atoms with Gasteiger partial charge in [-0.1, -0.05) is 66.5 Å². The van der Waals surface area contributed by atoms with Crippen molar-refractivity contribution in [2.75, 3.05) is 0 Å². The van der Waals surface area contributed by atoms with Crippen molar-refractivity contribution >= 4 is 39.9 Å². The third-order valence-electron chi connectivity index (χ3n) is 3.69. The molecule has 4 heteroatoms. The van der Waals surface area contributed by atoms with E-state index < -0.39 is 5.97 Å². The van der Waals surface area contributed by atoms with Gasteiger partial charge in [0.15, 0.2) is 5.75 Å². The molecule has 3 aromatic carbocycles. The summed E-state index contributed by atoms with van der Waals surface area (Å²) >= 11 is 12.4. The Bertz CT molecular complexity index is 870. The van der Waals surface area contributed by atoms with Crippen molar-refractivity contribution in [1.82, 2.24) is 0 Å². The molecular formula is C19H14Cl2O2. The van der Waals surface area contributed by atoms with Gasteiger partial charge in [0.25, 0.3) is 0 Å². The predicted molar refractivity (Wildman–Crippen MR) is 94.7 cm³/mol. The largest absolute Gasteiger partial charge is 0.421 e. The van der Waals surface area contributed by atoms with Gasteiger partial charge in [-0.05, 0) is 30.2 Å². The molecule has 0 aliphatic rings. The minimum Gasteiger partial charge on any atom is -0.421 e. The monoisotopic (exact) mass is 344 g/mol. The first-order valence-corrected chi connectivity index (χ1v) is 8.03. The Morgan fingerprint density at radius 3 is 2.26 bits per heavy atom. The standard InChI is InChI=1S/C19H14Cl2O2/c1-2-12-7-9-13(10-8-12)19(22)23-18-15-6-4-3-5-14(15)16(20)11-17(18)21/h3-11H,2H2,1H3. The number of benzene rings is 3. The SMILES string of the molecule is CCc1ccc(C(=O)Oc2c(Cl)cc(Cl)c3ccccc23)cc1. The van der Waals surface area contributed by atoms with Crippen LogP contribution < -0.4 is 4.74 Å². The predicted octanol–water partition coefficient (Wildman–Crippen LogP) is 5.93.